The third-order valence-corrected chi connectivity index (χ3v) is 7.47. The second kappa shape index (κ2) is 10.4. The number of carbonyl (C=O) groups is 1. The van der Waals surface area contributed by atoms with Gasteiger partial charge in [-0.15, -0.1) is 0 Å². The topological polar surface area (TPSA) is 26.8 Å². The molecule has 4 heteroatoms. The van der Waals surface area contributed by atoms with Crippen molar-refractivity contribution in [3.63, 3.8) is 0 Å². The van der Waals surface area contributed by atoms with Crippen molar-refractivity contribution in [3.8, 4) is 0 Å². The Bertz CT molecular complexity index is 443. The van der Waals surface area contributed by atoms with E-state index in [4.69, 9.17) is 0 Å². The highest BCUT2D eigenvalue weighted by Crippen LogP contribution is 2.32. The molecular formula is C23H43N3O. The predicted octanol–water partition coefficient (Wildman–Crippen LogP) is 3.37. The van der Waals surface area contributed by atoms with Crippen molar-refractivity contribution in [1.29, 1.82) is 0 Å². The van der Waals surface area contributed by atoms with Gasteiger partial charge in [-0.2, -0.15) is 0 Å². The predicted molar refractivity (Wildman–Crippen MR) is 113 cm³/mol. The summed E-state index contributed by atoms with van der Waals surface area (Å²) in [4.78, 5) is 20.2. The molecule has 156 valence electrons. The van der Waals surface area contributed by atoms with E-state index in [1.807, 2.05) is 0 Å². The lowest BCUT2D eigenvalue weighted by molar-refractivity contribution is -0.127. The van der Waals surface area contributed by atoms with Crippen molar-refractivity contribution >= 4 is 5.78 Å². The van der Waals surface area contributed by atoms with Gasteiger partial charge in [0.2, 0.25) is 0 Å². The highest BCUT2D eigenvalue weighted by molar-refractivity contribution is 5.82. The number of likely N-dealkylation sites (tertiary alicyclic amines) is 1. The number of hydrogen-bond donors (Lipinski definition) is 0. The summed E-state index contributed by atoms with van der Waals surface area (Å²) in [6, 6.07) is 0. The SMILES string of the molecule is CCN1CCN(CC2CCN(CC3CCC(C(=O)C(C)C)CC3)CC2)CC1. The molecule has 0 aromatic rings. The molecule has 0 bridgehead atoms. The van der Waals surface area contributed by atoms with Gasteiger partial charge in [-0.1, -0.05) is 20.8 Å². The van der Waals surface area contributed by atoms with Crippen molar-refractivity contribution in [2.45, 2.75) is 59.3 Å². The summed E-state index contributed by atoms with van der Waals surface area (Å²) in [6.45, 7) is 17.9. The van der Waals surface area contributed by atoms with Crippen LogP contribution in [0.4, 0.5) is 0 Å². The Hall–Kier alpha value is -0.450. The number of rotatable bonds is 7. The number of hydrogen-bond acceptors (Lipinski definition) is 4. The standard InChI is InChI=1S/C23H43N3O/c1-4-24-13-15-26(16-14-24)18-21-9-11-25(12-10-21)17-20-5-7-22(8-6-20)23(27)19(2)3/h19-22H,4-18H2,1-3H3. The molecule has 1 aliphatic carbocycles. The van der Waals surface area contributed by atoms with Crippen LogP contribution in [-0.4, -0.2) is 79.4 Å². The third-order valence-electron chi connectivity index (χ3n) is 7.47. The summed E-state index contributed by atoms with van der Waals surface area (Å²) >= 11 is 0. The zero-order valence-electron chi connectivity index (χ0n) is 18.2. The second-order valence-corrected chi connectivity index (χ2v) is 9.75. The molecule has 0 aromatic heterocycles. The summed E-state index contributed by atoms with van der Waals surface area (Å²) in [6.07, 6.45) is 7.59. The zero-order valence-corrected chi connectivity index (χ0v) is 18.2. The summed E-state index contributed by atoms with van der Waals surface area (Å²) in [5, 5.41) is 0. The first kappa shape index (κ1) is 21.3. The van der Waals surface area contributed by atoms with E-state index in [-0.39, 0.29) is 5.92 Å². The molecule has 0 unspecified atom stereocenters. The largest absolute Gasteiger partial charge is 0.303 e. The molecule has 4 nitrogen and oxygen atoms in total. The smallest absolute Gasteiger partial charge is 0.138 e. The molecule has 0 aromatic carbocycles. The molecule has 0 spiro atoms. The lowest BCUT2D eigenvalue weighted by Crippen LogP contribution is -2.48. The van der Waals surface area contributed by atoms with Gasteiger partial charge in [-0.3, -0.25) is 4.79 Å². The molecule has 0 amide bonds. The highest BCUT2D eigenvalue weighted by Gasteiger charge is 2.30. The van der Waals surface area contributed by atoms with E-state index in [1.54, 1.807) is 0 Å². The molecule has 3 fully saturated rings. The third kappa shape index (κ3) is 6.27. The van der Waals surface area contributed by atoms with Crippen LogP contribution in [0.25, 0.3) is 0 Å². The maximum Gasteiger partial charge on any atom is 0.138 e. The first-order valence-electron chi connectivity index (χ1n) is 11.8. The van der Waals surface area contributed by atoms with Crippen LogP contribution in [0.2, 0.25) is 0 Å². The molecule has 0 atom stereocenters. The van der Waals surface area contributed by atoms with Crippen LogP contribution >= 0.6 is 0 Å². The molecule has 27 heavy (non-hydrogen) atoms. The second-order valence-electron chi connectivity index (χ2n) is 9.75. The van der Waals surface area contributed by atoms with Crippen LogP contribution in [-0.2, 0) is 4.79 Å². The van der Waals surface area contributed by atoms with E-state index in [0.29, 0.717) is 11.7 Å². The van der Waals surface area contributed by atoms with E-state index in [0.717, 1.165) is 24.7 Å². The van der Waals surface area contributed by atoms with Gasteiger partial charge in [0.1, 0.15) is 5.78 Å². The van der Waals surface area contributed by atoms with Crippen LogP contribution in [0.15, 0.2) is 0 Å². The quantitative estimate of drug-likeness (QED) is 0.680. The highest BCUT2D eigenvalue weighted by atomic mass is 16.1. The Morgan fingerprint density at radius 1 is 0.741 bits per heavy atom. The monoisotopic (exact) mass is 377 g/mol. The maximum atomic E-state index is 12.2. The van der Waals surface area contributed by atoms with Gasteiger partial charge in [-0.05, 0) is 70.0 Å². The molecule has 0 N–H and O–H groups in total. The van der Waals surface area contributed by atoms with E-state index < -0.39 is 0 Å². The van der Waals surface area contributed by atoms with Crippen LogP contribution in [0.3, 0.4) is 0 Å². The van der Waals surface area contributed by atoms with E-state index in [9.17, 15) is 4.79 Å². The molecule has 3 rings (SSSR count). The first-order valence-corrected chi connectivity index (χ1v) is 11.8. The fourth-order valence-corrected chi connectivity index (χ4v) is 5.47. The minimum absolute atomic E-state index is 0.218. The van der Waals surface area contributed by atoms with Crippen LogP contribution in [0.1, 0.15) is 59.3 Å². The number of piperidine rings is 1. The molecule has 0 radical (unpaired) electrons. The number of ketones is 1. The Labute approximate surface area is 167 Å². The first-order chi connectivity index (χ1) is 13.0. The van der Waals surface area contributed by atoms with Gasteiger partial charge in [0.25, 0.3) is 0 Å². The summed E-state index contributed by atoms with van der Waals surface area (Å²) < 4.78 is 0. The fraction of sp³-hybridized carbons (Fsp3) is 0.957. The number of Topliss-reactive ketones (excluding diaryl/α,β-unsaturated/α-hetero) is 1. The van der Waals surface area contributed by atoms with Crippen molar-refractivity contribution in [2.75, 3.05) is 58.9 Å². The molecular weight excluding hydrogens is 334 g/mol. The van der Waals surface area contributed by atoms with E-state index in [2.05, 4.69) is 35.5 Å². The average Bonchev–Trinajstić information content (AvgIpc) is 2.70. The summed E-state index contributed by atoms with van der Waals surface area (Å²) in [5.41, 5.74) is 0. The van der Waals surface area contributed by atoms with Crippen molar-refractivity contribution < 1.29 is 4.79 Å². The van der Waals surface area contributed by atoms with Gasteiger partial charge in [0.15, 0.2) is 0 Å². The Morgan fingerprint density at radius 3 is 1.74 bits per heavy atom. The van der Waals surface area contributed by atoms with Gasteiger partial charge < -0.3 is 14.7 Å². The maximum absolute atomic E-state index is 12.2. The van der Waals surface area contributed by atoms with Crippen LogP contribution < -0.4 is 0 Å². The summed E-state index contributed by atoms with van der Waals surface area (Å²) in [5.74, 6) is 2.83. The van der Waals surface area contributed by atoms with Gasteiger partial charge in [0.05, 0.1) is 0 Å². The normalized spacial score (nSPS) is 30.1. The molecule has 3 aliphatic rings. The van der Waals surface area contributed by atoms with Crippen molar-refractivity contribution in [3.05, 3.63) is 0 Å². The minimum atomic E-state index is 0.218. The van der Waals surface area contributed by atoms with Crippen LogP contribution in [0, 0.1) is 23.7 Å². The molecule has 2 saturated heterocycles. The van der Waals surface area contributed by atoms with Crippen LogP contribution in [0.5, 0.6) is 0 Å². The average molecular weight is 378 g/mol. The van der Waals surface area contributed by atoms with Crippen molar-refractivity contribution in [1.82, 2.24) is 14.7 Å². The number of likely N-dealkylation sites (N-methyl/N-ethyl adjacent to an activating group) is 1. The van der Waals surface area contributed by atoms with Crippen molar-refractivity contribution in [2.24, 2.45) is 23.7 Å². The Balaban J connectivity index is 1.30. The molecule has 1 saturated carbocycles. The van der Waals surface area contributed by atoms with Gasteiger partial charge in [-0.25, -0.2) is 0 Å². The zero-order chi connectivity index (χ0) is 19.2. The minimum Gasteiger partial charge on any atom is -0.303 e. The van der Waals surface area contributed by atoms with Gasteiger partial charge in [0, 0.05) is 51.1 Å². The fourth-order valence-electron chi connectivity index (χ4n) is 5.47. The number of piperazine rings is 1. The van der Waals surface area contributed by atoms with Gasteiger partial charge >= 0.3 is 0 Å². The van der Waals surface area contributed by atoms with E-state index >= 15 is 0 Å². The number of carbonyl (C=O) groups excluding carboxylic acids is 1. The molecule has 2 heterocycles. The number of nitrogens with zero attached hydrogens (tertiary/aromatic N) is 3. The molecule has 2 aliphatic heterocycles. The van der Waals surface area contributed by atoms with E-state index in [1.165, 1.54) is 84.6 Å². The summed E-state index contributed by atoms with van der Waals surface area (Å²) in [7, 11) is 0. The lowest BCUT2D eigenvalue weighted by atomic mass is 9.77. The lowest BCUT2D eigenvalue weighted by Gasteiger charge is -2.40. The Kier molecular flexibility index (Phi) is 8.16. The Morgan fingerprint density at radius 2 is 1.22 bits per heavy atom.